The molecular weight excluding hydrogens is 401 g/mol. The van der Waals surface area contributed by atoms with Gasteiger partial charge < -0.3 is 20.7 Å². The normalized spacial score (nSPS) is 21.6. The summed E-state index contributed by atoms with van der Waals surface area (Å²) < 4.78 is 21.3. The minimum absolute atomic E-state index is 0.0578. The molecule has 5 heterocycles. The van der Waals surface area contributed by atoms with Gasteiger partial charge in [-0.15, -0.1) is 0 Å². The SMILES string of the molecule is NC(=O)c1cnn2ccc(N3CCC[C@@H]3c3cc(F)cnc3CC3COCCN3)nc12. The first kappa shape index (κ1) is 19.8. The Morgan fingerprint density at radius 3 is 3.10 bits per heavy atom. The molecule has 0 aromatic carbocycles. The Morgan fingerprint density at radius 1 is 1.39 bits per heavy atom. The van der Waals surface area contributed by atoms with Crippen molar-refractivity contribution in [2.45, 2.75) is 31.3 Å². The largest absolute Gasteiger partial charge is 0.379 e. The van der Waals surface area contributed by atoms with Gasteiger partial charge in [0.2, 0.25) is 0 Å². The number of hydrogen-bond donors (Lipinski definition) is 2. The second-order valence-corrected chi connectivity index (χ2v) is 7.95. The monoisotopic (exact) mass is 425 g/mol. The third-order valence-corrected chi connectivity index (χ3v) is 5.93. The van der Waals surface area contributed by atoms with E-state index in [0.717, 1.165) is 37.2 Å². The predicted molar refractivity (Wildman–Crippen MR) is 111 cm³/mol. The minimum Gasteiger partial charge on any atom is -0.379 e. The fraction of sp³-hybridized carbons (Fsp3) is 0.429. The van der Waals surface area contributed by atoms with Crippen molar-refractivity contribution in [3.05, 3.63) is 53.4 Å². The Bertz CT molecular complexity index is 1110. The lowest BCUT2D eigenvalue weighted by molar-refractivity contribution is 0.0766. The summed E-state index contributed by atoms with van der Waals surface area (Å²) in [5.74, 6) is -0.225. The van der Waals surface area contributed by atoms with Crippen molar-refractivity contribution in [2.75, 3.05) is 31.2 Å². The van der Waals surface area contributed by atoms with Crippen LogP contribution < -0.4 is 16.0 Å². The summed E-state index contributed by atoms with van der Waals surface area (Å²) in [6.45, 7) is 2.89. The van der Waals surface area contributed by atoms with Crippen LogP contribution in [0.25, 0.3) is 5.65 Å². The smallest absolute Gasteiger partial charge is 0.254 e. The number of anilines is 1. The summed E-state index contributed by atoms with van der Waals surface area (Å²) in [6.07, 6.45) is 6.93. The molecular formula is C21H24FN7O2. The Morgan fingerprint density at radius 2 is 2.29 bits per heavy atom. The number of aromatic nitrogens is 4. The van der Waals surface area contributed by atoms with E-state index in [-0.39, 0.29) is 23.5 Å². The lowest BCUT2D eigenvalue weighted by Crippen LogP contribution is -2.43. The van der Waals surface area contributed by atoms with Crippen LogP contribution in [-0.4, -0.2) is 57.8 Å². The molecule has 1 unspecified atom stereocenters. The zero-order valence-corrected chi connectivity index (χ0v) is 17.0. The van der Waals surface area contributed by atoms with Crippen molar-refractivity contribution in [3.63, 3.8) is 0 Å². The average molecular weight is 425 g/mol. The molecule has 31 heavy (non-hydrogen) atoms. The molecule has 0 bridgehead atoms. The van der Waals surface area contributed by atoms with Gasteiger partial charge in [0.1, 0.15) is 17.2 Å². The number of carbonyl (C=O) groups is 1. The Labute approximate surface area is 178 Å². The van der Waals surface area contributed by atoms with Crippen LogP contribution in [0, 0.1) is 5.82 Å². The number of nitrogens with one attached hydrogen (secondary N) is 1. The topological polar surface area (TPSA) is 111 Å². The van der Waals surface area contributed by atoms with E-state index in [1.807, 2.05) is 6.07 Å². The van der Waals surface area contributed by atoms with Crippen molar-refractivity contribution in [2.24, 2.45) is 5.73 Å². The Hall–Kier alpha value is -3.11. The summed E-state index contributed by atoms with van der Waals surface area (Å²) in [7, 11) is 0. The first-order chi connectivity index (χ1) is 15.1. The van der Waals surface area contributed by atoms with Crippen LogP contribution in [-0.2, 0) is 11.2 Å². The van der Waals surface area contributed by atoms with Gasteiger partial charge in [-0.25, -0.2) is 13.9 Å². The molecule has 5 rings (SSSR count). The number of nitrogens with two attached hydrogens (primary N) is 1. The number of fused-ring (bicyclic) bond motifs is 1. The van der Waals surface area contributed by atoms with Crippen LogP contribution in [0.4, 0.5) is 10.2 Å². The van der Waals surface area contributed by atoms with Gasteiger partial charge in [0, 0.05) is 37.4 Å². The second kappa shape index (κ2) is 8.20. The van der Waals surface area contributed by atoms with Crippen molar-refractivity contribution in [1.82, 2.24) is 24.9 Å². The molecule has 3 aromatic rings. The average Bonchev–Trinajstić information content (AvgIpc) is 3.42. The number of carbonyl (C=O) groups excluding carboxylic acids is 1. The molecule has 10 heteroatoms. The molecule has 1 amide bonds. The molecule has 2 fully saturated rings. The quantitative estimate of drug-likeness (QED) is 0.633. The Kier molecular flexibility index (Phi) is 5.24. The van der Waals surface area contributed by atoms with Crippen LogP contribution in [0.2, 0.25) is 0 Å². The van der Waals surface area contributed by atoms with E-state index >= 15 is 0 Å². The van der Waals surface area contributed by atoms with Crippen molar-refractivity contribution in [3.8, 4) is 0 Å². The molecule has 0 aliphatic carbocycles. The molecule has 0 radical (unpaired) electrons. The second-order valence-electron chi connectivity index (χ2n) is 7.95. The van der Waals surface area contributed by atoms with Gasteiger partial charge >= 0.3 is 0 Å². The molecule has 3 aromatic heterocycles. The van der Waals surface area contributed by atoms with E-state index in [0.29, 0.717) is 31.1 Å². The lowest BCUT2D eigenvalue weighted by atomic mass is 9.98. The maximum atomic E-state index is 14.2. The van der Waals surface area contributed by atoms with Gasteiger partial charge in [-0.3, -0.25) is 9.78 Å². The first-order valence-electron chi connectivity index (χ1n) is 10.5. The molecule has 3 N–H and O–H groups in total. The maximum absolute atomic E-state index is 14.2. The van der Waals surface area contributed by atoms with E-state index in [2.05, 4.69) is 25.3 Å². The fourth-order valence-electron chi connectivity index (χ4n) is 4.48. The number of amides is 1. The molecule has 2 aliphatic rings. The van der Waals surface area contributed by atoms with Crippen LogP contribution in [0.1, 0.15) is 40.5 Å². The van der Waals surface area contributed by atoms with Gasteiger partial charge in [-0.2, -0.15) is 5.10 Å². The van der Waals surface area contributed by atoms with E-state index in [1.165, 1.54) is 16.9 Å². The summed E-state index contributed by atoms with van der Waals surface area (Å²) in [4.78, 5) is 22.9. The maximum Gasteiger partial charge on any atom is 0.254 e. The van der Waals surface area contributed by atoms with Crippen molar-refractivity contribution >= 4 is 17.4 Å². The fourth-order valence-corrected chi connectivity index (χ4v) is 4.48. The third-order valence-electron chi connectivity index (χ3n) is 5.93. The molecule has 162 valence electrons. The summed E-state index contributed by atoms with van der Waals surface area (Å²) in [5.41, 5.74) is 7.88. The van der Waals surface area contributed by atoms with Gasteiger partial charge in [-0.05, 0) is 30.5 Å². The zero-order valence-electron chi connectivity index (χ0n) is 17.0. The predicted octanol–water partition coefficient (Wildman–Crippen LogP) is 1.23. The molecule has 2 saturated heterocycles. The Balaban J connectivity index is 1.49. The highest BCUT2D eigenvalue weighted by atomic mass is 19.1. The summed E-state index contributed by atoms with van der Waals surface area (Å²) >= 11 is 0. The molecule has 9 nitrogen and oxygen atoms in total. The van der Waals surface area contributed by atoms with Gasteiger partial charge in [0.05, 0.1) is 31.6 Å². The minimum atomic E-state index is -0.573. The molecule has 2 atom stereocenters. The zero-order chi connectivity index (χ0) is 21.4. The van der Waals surface area contributed by atoms with E-state index in [9.17, 15) is 9.18 Å². The van der Waals surface area contributed by atoms with E-state index in [4.69, 9.17) is 10.5 Å². The van der Waals surface area contributed by atoms with E-state index in [1.54, 1.807) is 12.3 Å². The molecule has 0 saturated carbocycles. The van der Waals surface area contributed by atoms with Crippen molar-refractivity contribution < 1.29 is 13.9 Å². The summed E-state index contributed by atoms with van der Waals surface area (Å²) in [6, 6.07) is 3.53. The van der Waals surface area contributed by atoms with Crippen LogP contribution in [0.5, 0.6) is 0 Å². The number of morpholine rings is 1. The van der Waals surface area contributed by atoms with Gasteiger partial charge in [0.15, 0.2) is 5.65 Å². The highest BCUT2D eigenvalue weighted by molar-refractivity contribution is 5.98. The summed E-state index contributed by atoms with van der Waals surface area (Å²) in [5, 5.41) is 7.57. The standard InChI is InChI=1S/C21H24FN7O2/c22-13-8-15(17(25-10-13)9-14-12-31-7-4-24-14)18-2-1-5-28(18)19-3-6-29-21(27-19)16(11-26-29)20(23)30/h3,6,8,10-11,14,18,24H,1-2,4-5,7,9,12H2,(H2,23,30)/t14?,18-/m1/s1. The number of nitrogens with zero attached hydrogens (tertiary/aromatic N) is 5. The van der Waals surface area contributed by atoms with E-state index < -0.39 is 5.91 Å². The van der Waals surface area contributed by atoms with Crippen molar-refractivity contribution in [1.29, 1.82) is 0 Å². The highest BCUT2D eigenvalue weighted by Gasteiger charge is 2.31. The first-order valence-corrected chi connectivity index (χ1v) is 10.5. The number of rotatable bonds is 5. The third kappa shape index (κ3) is 3.84. The molecule has 2 aliphatic heterocycles. The number of ether oxygens (including phenoxy) is 1. The van der Waals surface area contributed by atoms with Gasteiger partial charge in [0.25, 0.3) is 5.91 Å². The number of halogens is 1. The molecule has 0 spiro atoms. The lowest BCUT2D eigenvalue weighted by Gasteiger charge is -2.29. The van der Waals surface area contributed by atoms with Crippen LogP contribution in [0.3, 0.4) is 0 Å². The number of pyridine rings is 1. The van der Waals surface area contributed by atoms with Crippen LogP contribution >= 0.6 is 0 Å². The highest BCUT2D eigenvalue weighted by Crippen LogP contribution is 2.37. The van der Waals surface area contributed by atoms with Crippen LogP contribution in [0.15, 0.2) is 30.7 Å². The number of hydrogen-bond acceptors (Lipinski definition) is 7. The van der Waals surface area contributed by atoms with Gasteiger partial charge in [-0.1, -0.05) is 0 Å². The number of primary amides is 1.